The molecule has 1 aliphatic carbocycles. The molecule has 1 aliphatic heterocycles. The Morgan fingerprint density at radius 2 is 2.00 bits per heavy atom. The summed E-state index contributed by atoms with van der Waals surface area (Å²) in [5, 5.41) is 1.32. The third-order valence-electron chi connectivity index (χ3n) is 3.84. The third-order valence-corrected chi connectivity index (χ3v) is 3.84. The molecule has 0 aromatic heterocycles. The van der Waals surface area contributed by atoms with Gasteiger partial charge in [0, 0.05) is 0 Å². The van der Waals surface area contributed by atoms with Gasteiger partial charge in [-0.05, 0) is 37.0 Å². The van der Waals surface area contributed by atoms with Crippen LogP contribution in [0.15, 0.2) is 29.3 Å². The second-order valence-corrected chi connectivity index (χ2v) is 4.91. The minimum atomic E-state index is -0.393. The Morgan fingerprint density at radius 1 is 1.26 bits per heavy atom. The van der Waals surface area contributed by atoms with E-state index >= 15 is 0 Å². The van der Waals surface area contributed by atoms with Crippen molar-refractivity contribution in [3.8, 4) is 0 Å². The van der Waals surface area contributed by atoms with Crippen LogP contribution in [0.2, 0.25) is 0 Å². The second kappa shape index (κ2) is 4.61. The summed E-state index contributed by atoms with van der Waals surface area (Å²) in [6.45, 7) is 0.431. The number of hydrogen-bond donors (Lipinski definition) is 0. The number of rotatable bonds is 3. The summed E-state index contributed by atoms with van der Waals surface area (Å²) in [5.74, 6) is -0.0305. The predicted molar refractivity (Wildman–Crippen MR) is 68.1 cm³/mol. The van der Waals surface area contributed by atoms with Gasteiger partial charge < -0.3 is 0 Å². The number of hydrogen-bond acceptors (Lipinski definition) is 4. The Bertz CT molecular complexity index is 542. The van der Waals surface area contributed by atoms with Gasteiger partial charge in [-0.3, -0.25) is 9.63 Å². The fourth-order valence-electron chi connectivity index (χ4n) is 2.59. The van der Waals surface area contributed by atoms with Crippen LogP contribution in [0.3, 0.4) is 0 Å². The van der Waals surface area contributed by atoms with E-state index in [9.17, 15) is 9.59 Å². The van der Waals surface area contributed by atoms with Gasteiger partial charge in [0.2, 0.25) is 6.08 Å². The fraction of sp³-hybridized carbons (Fsp3) is 0.429. The summed E-state index contributed by atoms with van der Waals surface area (Å²) in [6, 6.07) is 7.48. The minimum absolute atomic E-state index is 0.0305. The van der Waals surface area contributed by atoms with Crippen LogP contribution in [-0.2, 0) is 20.0 Å². The smallest absolute Gasteiger partial charge is 0.253 e. The molecule has 19 heavy (non-hydrogen) atoms. The molecule has 0 spiro atoms. The maximum Gasteiger partial charge on any atom is 0.253 e. The predicted octanol–water partition coefficient (Wildman–Crippen LogP) is 2.07. The van der Waals surface area contributed by atoms with Gasteiger partial charge >= 0.3 is 0 Å². The van der Waals surface area contributed by atoms with Crippen molar-refractivity contribution < 1.29 is 14.4 Å². The maximum atomic E-state index is 11.6. The number of isocyanates is 1. The van der Waals surface area contributed by atoms with Crippen molar-refractivity contribution in [2.75, 3.05) is 11.7 Å². The van der Waals surface area contributed by atoms with E-state index in [1.54, 1.807) is 6.08 Å². The molecule has 2 fully saturated rings. The second-order valence-electron chi connectivity index (χ2n) is 4.91. The quantitative estimate of drug-likeness (QED) is 0.616. The van der Waals surface area contributed by atoms with E-state index in [4.69, 9.17) is 4.84 Å². The molecule has 5 heteroatoms. The van der Waals surface area contributed by atoms with Crippen LogP contribution >= 0.6 is 0 Å². The normalized spacial score (nSPS) is 20.8. The average molecular weight is 258 g/mol. The summed E-state index contributed by atoms with van der Waals surface area (Å²) in [4.78, 5) is 31.3. The lowest BCUT2D eigenvalue weighted by Gasteiger charge is -2.37. The molecular formula is C14H14N2O3. The van der Waals surface area contributed by atoms with Crippen LogP contribution in [0.1, 0.15) is 31.2 Å². The lowest BCUT2D eigenvalue weighted by Crippen LogP contribution is -2.32. The van der Waals surface area contributed by atoms with Gasteiger partial charge in [0.05, 0.1) is 24.3 Å². The molecule has 5 nitrogen and oxygen atoms in total. The number of aliphatic imine (C=N–C) groups is 1. The molecular weight excluding hydrogens is 244 g/mol. The first kappa shape index (κ1) is 12.1. The highest BCUT2D eigenvalue weighted by atomic mass is 16.7. The Kier molecular flexibility index (Phi) is 2.93. The number of anilines is 1. The first-order valence-corrected chi connectivity index (χ1v) is 6.41. The molecule has 2 aliphatic rings. The molecule has 1 aromatic carbocycles. The first-order chi connectivity index (χ1) is 9.25. The highest BCUT2D eigenvalue weighted by Crippen LogP contribution is 2.45. The number of amides is 1. The van der Waals surface area contributed by atoms with E-state index in [-0.39, 0.29) is 5.91 Å². The maximum absolute atomic E-state index is 11.6. The number of benzene rings is 1. The van der Waals surface area contributed by atoms with Gasteiger partial charge in [0.25, 0.3) is 5.91 Å². The molecule has 0 atom stereocenters. The highest BCUT2D eigenvalue weighted by Gasteiger charge is 2.38. The van der Waals surface area contributed by atoms with Crippen molar-refractivity contribution in [2.24, 2.45) is 4.99 Å². The Morgan fingerprint density at radius 3 is 2.47 bits per heavy atom. The van der Waals surface area contributed by atoms with Crippen molar-refractivity contribution in [3.05, 3.63) is 29.8 Å². The number of carbonyl (C=O) groups excluding carboxylic acids is 2. The van der Waals surface area contributed by atoms with E-state index in [0.717, 1.165) is 30.5 Å². The van der Waals surface area contributed by atoms with E-state index in [1.807, 2.05) is 24.3 Å². The van der Waals surface area contributed by atoms with Crippen LogP contribution in [0.4, 0.5) is 5.69 Å². The number of hydroxylamine groups is 1. The summed E-state index contributed by atoms with van der Waals surface area (Å²) in [6.07, 6.45) is 4.91. The van der Waals surface area contributed by atoms with E-state index in [2.05, 4.69) is 4.99 Å². The molecule has 0 bridgehead atoms. The zero-order valence-corrected chi connectivity index (χ0v) is 10.5. The van der Waals surface area contributed by atoms with Crippen LogP contribution in [0, 0.1) is 0 Å². The third kappa shape index (κ3) is 1.97. The zero-order chi connectivity index (χ0) is 13.3. The summed E-state index contributed by atoms with van der Waals surface area (Å²) in [7, 11) is 0. The lowest BCUT2D eigenvalue weighted by atomic mass is 9.72. The van der Waals surface area contributed by atoms with Gasteiger partial charge in [-0.15, -0.1) is 0 Å². The van der Waals surface area contributed by atoms with Crippen LogP contribution in [0.5, 0.6) is 0 Å². The summed E-state index contributed by atoms with van der Waals surface area (Å²) >= 11 is 0. The molecule has 0 radical (unpaired) electrons. The zero-order valence-electron chi connectivity index (χ0n) is 10.5. The Balaban J connectivity index is 1.86. The largest absolute Gasteiger partial charge is 0.272 e. The molecule has 1 saturated heterocycles. The van der Waals surface area contributed by atoms with Crippen molar-refractivity contribution in [1.82, 2.24) is 0 Å². The van der Waals surface area contributed by atoms with Crippen molar-refractivity contribution >= 4 is 17.7 Å². The molecule has 1 aromatic rings. The standard InChI is InChI=1S/C14H14N2O3/c17-10-15-14(7-1-8-14)11-2-4-12(5-3-11)16-13(18)6-9-19-16/h2-5H,1,6-9H2. The lowest BCUT2D eigenvalue weighted by molar-refractivity contribution is -0.119. The summed E-state index contributed by atoms with van der Waals surface area (Å²) in [5.41, 5.74) is 1.32. The van der Waals surface area contributed by atoms with E-state index < -0.39 is 5.54 Å². The SMILES string of the molecule is O=C=NC1(c2ccc(N3OCCC3=O)cc2)CCC1. The van der Waals surface area contributed by atoms with Crippen molar-refractivity contribution in [2.45, 2.75) is 31.2 Å². The van der Waals surface area contributed by atoms with Gasteiger partial charge in [0.15, 0.2) is 0 Å². The number of nitrogens with zero attached hydrogens (tertiary/aromatic N) is 2. The Hall–Kier alpha value is -1.97. The van der Waals surface area contributed by atoms with Gasteiger partial charge in [-0.25, -0.2) is 4.79 Å². The van der Waals surface area contributed by atoms with Gasteiger partial charge in [-0.2, -0.15) is 10.1 Å². The first-order valence-electron chi connectivity index (χ1n) is 6.41. The fourth-order valence-corrected chi connectivity index (χ4v) is 2.59. The monoisotopic (exact) mass is 258 g/mol. The molecule has 1 saturated carbocycles. The molecule has 0 N–H and O–H groups in total. The van der Waals surface area contributed by atoms with Crippen LogP contribution in [-0.4, -0.2) is 18.6 Å². The molecule has 1 amide bonds. The molecule has 98 valence electrons. The Labute approximate surface area is 110 Å². The van der Waals surface area contributed by atoms with E-state index in [1.165, 1.54) is 5.06 Å². The molecule has 0 unspecified atom stereocenters. The topological polar surface area (TPSA) is 59.0 Å². The van der Waals surface area contributed by atoms with Crippen LogP contribution in [0.25, 0.3) is 0 Å². The number of carbonyl (C=O) groups is 1. The molecule has 3 rings (SSSR count). The highest BCUT2D eigenvalue weighted by molar-refractivity contribution is 5.92. The average Bonchev–Trinajstić information content (AvgIpc) is 2.80. The van der Waals surface area contributed by atoms with Gasteiger partial charge in [0.1, 0.15) is 0 Å². The van der Waals surface area contributed by atoms with Crippen LogP contribution < -0.4 is 5.06 Å². The molecule has 1 heterocycles. The summed E-state index contributed by atoms with van der Waals surface area (Å²) < 4.78 is 0. The van der Waals surface area contributed by atoms with E-state index in [0.29, 0.717) is 13.0 Å². The van der Waals surface area contributed by atoms with Gasteiger partial charge in [-0.1, -0.05) is 12.1 Å². The van der Waals surface area contributed by atoms with Crippen molar-refractivity contribution in [1.29, 1.82) is 0 Å². The van der Waals surface area contributed by atoms with Crippen molar-refractivity contribution in [3.63, 3.8) is 0 Å². The minimum Gasteiger partial charge on any atom is -0.272 e.